The molecule has 0 radical (unpaired) electrons. The van der Waals surface area contributed by atoms with Crippen LogP contribution in [0.3, 0.4) is 0 Å². The molecule has 0 aromatic rings. The predicted molar refractivity (Wildman–Crippen MR) is 51.5 cm³/mol. The lowest BCUT2D eigenvalue weighted by atomic mass is 9.98. The third-order valence-electron chi connectivity index (χ3n) is 3.20. The van der Waals surface area contributed by atoms with E-state index in [4.69, 9.17) is 4.74 Å². The van der Waals surface area contributed by atoms with Gasteiger partial charge in [0.2, 0.25) is 0 Å². The summed E-state index contributed by atoms with van der Waals surface area (Å²) in [6.07, 6.45) is 9.36. The van der Waals surface area contributed by atoms with Crippen LogP contribution in [0, 0.1) is 0 Å². The standard InChI is InChI=1S/C11H15NO/c1-8-2-3-10-9(6-8)12-7-11(13-10)4-5-11/h2-3,6,9-10,12H,4-5,7H2,1H3. The van der Waals surface area contributed by atoms with Gasteiger partial charge in [-0.15, -0.1) is 0 Å². The van der Waals surface area contributed by atoms with Crippen molar-refractivity contribution in [1.29, 1.82) is 0 Å². The molecular formula is C11H15NO. The van der Waals surface area contributed by atoms with Gasteiger partial charge in [0.15, 0.2) is 0 Å². The van der Waals surface area contributed by atoms with Crippen molar-refractivity contribution in [3.63, 3.8) is 0 Å². The lowest BCUT2D eigenvalue weighted by Crippen LogP contribution is -2.52. The van der Waals surface area contributed by atoms with E-state index in [1.165, 1.54) is 18.4 Å². The van der Waals surface area contributed by atoms with E-state index in [-0.39, 0.29) is 11.7 Å². The quantitative estimate of drug-likeness (QED) is 0.603. The summed E-state index contributed by atoms with van der Waals surface area (Å²) >= 11 is 0. The summed E-state index contributed by atoms with van der Waals surface area (Å²) in [6, 6.07) is 0.413. The highest BCUT2D eigenvalue weighted by Crippen LogP contribution is 2.43. The number of ether oxygens (including phenoxy) is 1. The van der Waals surface area contributed by atoms with Crippen molar-refractivity contribution in [2.45, 2.75) is 37.5 Å². The molecule has 13 heavy (non-hydrogen) atoms. The van der Waals surface area contributed by atoms with Crippen molar-refractivity contribution < 1.29 is 4.74 Å². The molecule has 1 heterocycles. The van der Waals surface area contributed by atoms with Crippen LogP contribution in [0.4, 0.5) is 0 Å². The number of rotatable bonds is 0. The number of nitrogens with one attached hydrogen (secondary N) is 1. The first-order valence-electron chi connectivity index (χ1n) is 5.05. The highest BCUT2D eigenvalue weighted by molar-refractivity contribution is 5.28. The van der Waals surface area contributed by atoms with Crippen LogP contribution in [0.15, 0.2) is 23.8 Å². The van der Waals surface area contributed by atoms with Crippen molar-refractivity contribution in [3.05, 3.63) is 23.8 Å². The molecule has 3 aliphatic rings. The maximum atomic E-state index is 6.04. The molecule has 0 aromatic heterocycles. The van der Waals surface area contributed by atoms with E-state index in [1.54, 1.807) is 0 Å². The van der Waals surface area contributed by atoms with E-state index < -0.39 is 0 Å². The van der Waals surface area contributed by atoms with Gasteiger partial charge in [-0.05, 0) is 19.8 Å². The summed E-state index contributed by atoms with van der Waals surface area (Å²) in [7, 11) is 0. The summed E-state index contributed by atoms with van der Waals surface area (Å²) < 4.78 is 6.04. The molecule has 2 atom stereocenters. The normalized spacial score (nSPS) is 39.9. The van der Waals surface area contributed by atoms with Gasteiger partial charge in [-0.3, -0.25) is 0 Å². The predicted octanol–water partition coefficient (Wildman–Crippen LogP) is 1.39. The van der Waals surface area contributed by atoms with Crippen LogP contribution in [0.2, 0.25) is 0 Å². The Morgan fingerprint density at radius 2 is 2.38 bits per heavy atom. The zero-order valence-electron chi connectivity index (χ0n) is 7.92. The highest BCUT2D eigenvalue weighted by Gasteiger charge is 2.49. The molecule has 1 spiro atoms. The van der Waals surface area contributed by atoms with Gasteiger partial charge in [-0.25, -0.2) is 0 Å². The smallest absolute Gasteiger partial charge is 0.0956 e. The highest BCUT2D eigenvalue weighted by atomic mass is 16.5. The molecule has 0 amide bonds. The largest absolute Gasteiger partial charge is 0.364 e. The van der Waals surface area contributed by atoms with E-state index in [0.717, 1.165) is 6.54 Å². The minimum absolute atomic E-state index is 0.213. The SMILES string of the molecule is CC1=CC2NCC3(CC3)OC2C=C1. The van der Waals surface area contributed by atoms with Crippen LogP contribution in [0.25, 0.3) is 0 Å². The lowest BCUT2D eigenvalue weighted by Gasteiger charge is -2.36. The topological polar surface area (TPSA) is 21.3 Å². The van der Waals surface area contributed by atoms with Gasteiger partial charge >= 0.3 is 0 Å². The van der Waals surface area contributed by atoms with Gasteiger partial charge in [-0.2, -0.15) is 0 Å². The minimum atomic E-state index is 0.213. The van der Waals surface area contributed by atoms with Gasteiger partial charge < -0.3 is 10.1 Å². The molecule has 2 unspecified atom stereocenters. The van der Waals surface area contributed by atoms with Crippen molar-refractivity contribution >= 4 is 0 Å². The monoisotopic (exact) mass is 177 g/mol. The average Bonchev–Trinajstić information content (AvgIpc) is 2.87. The fourth-order valence-electron chi connectivity index (χ4n) is 2.16. The Balaban J connectivity index is 1.80. The molecule has 1 saturated heterocycles. The summed E-state index contributed by atoms with van der Waals surface area (Å²) in [5.41, 5.74) is 1.55. The van der Waals surface area contributed by atoms with Crippen LogP contribution >= 0.6 is 0 Å². The molecular weight excluding hydrogens is 162 g/mol. The maximum absolute atomic E-state index is 6.04. The first-order chi connectivity index (χ1) is 6.27. The van der Waals surface area contributed by atoms with Crippen LogP contribution in [0.1, 0.15) is 19.8 Å². The van der Waals surface area contributed by atoms with Crippen LogP contribution in [0.5, 0.6) is 0 Å². The molecule has 1 aliphatic heterocycles. The summed E-state index contributed by atoms with van der Waals surface area (Å²) in [6.45, 7) is 3.17. The summed E-state index contributed by atoms with van der Waals surface area (Å²) in [5.74, 6) is 0. The van der Waals surface area contributed by atoms with E-state index in [2.05, 4.69) is 30.5 Å². The number of allylic oxidation sites excluding steroid dienone is 2. The molecule has 3 rings (SSSR count). The number of morpholine rings is 1. The van der Waals surface area contributed by atoms with E-state index in [1.807, 2.05) is 0 Å². The van der Waals surface area contributed by atoms with E-state index in [0.29, 0.717) is 6.04 Å². The van der Waals surface area contributed by atoms with Crippen molar-refractivity contribution in [2.75, 3.05) is 6.54 Å². The van der Waals surface area contributed by atoms with Gasteiger partial charge in [0.1, 0.15) is 0 Å². The minimum Gasteiger partial charge on any atom is -0.364 e. The van der Waals surface area contributed by atoms with Gasteiger partial charge in [0.05, 0.1) is 17.7 Å². The second-order valence-electron chi connectivity index (χ2n) is 4.44. The second-order valence-corrected chi connectivity index (χ2v) is 4.44. The molecule has 0 aromatic carbocycles. The Morgan fingerprint density at radius 1 is 1.54 bits per heavy atom. The summed E-state index contributed by atoms with van der Waals surface area (Å²) in [4.78, 5) is 0. The lowest BCUT2D eigenvalue weighted by molar-refractivity contribution is -0.0467. The van der Waals surface area contributed by atoms with Crippen LogP contribution in [-0.4, -0.2) is 24.3 Å². The first kappa shape index (κ1) is 7.77. The zero-order valence-corrected chi connectivity index (χ0v) is 7.92. The molecule has 0 bridgehead atoms. The molecule has 2 heteroatoms. The van der Waals surface area contributed by atoms with Crippen molar-refractivity contribution in [1.82, 2.24) is 5.32 Å². The van der Waals surface area contributed by atoms with Crippen LogP contribution < -0.4 is 5.32 Å². The number of hydrogen-bond donors (Lipinski definition) is 1. The Morgan fingerprint density at radius 3 is 3.15 bits per heavy atom. The van der Waals surface area contributed by atoms with Crippen molar-refractivity contribution in [3.8, 4) is 0 Å². The molecule has 2 nitrogen and oxygen atoms in total. The Hall–Kier alpha value is -0.600. The number of hydrogen-bond acceptors (Lipinski definition) is 2. The van der Waals surface area contributed by atoms with E-state index in [9.17, 15) is 0 Å². The van der Waals surface area contributed by atoms with Gasteiger partial charge in [0.25, 0.3) is 0 Å². The third kappa shape index (κ3) is 1.25. The van der Waals surface area contributed by atoms with Crippen LogP contribution in [-0.2, 0) is 4.74 Å². The second kappa shape index (κ2) is 2.46. The Kier molecular flexibility index (Phi) is 1.47. The Labute approximate surface area is 78.7 Å². The van der Waals surface area contributed by atoms with Gasteiger partial charge in [-0.1, -0.05) is 23.8 Å². The van der Waals surface area contributed by atoms with Crippen molar-refractivity contribution in [2.24, 2.45) is 0 Å². The number of fused-ring (bicyclic) bond motifs is 1. The fraction of sp³-hybridized carbons (Fsp3) is 0.636. The molecule has 70 valence electrons. The van der Waals surface area contributed by atoms with Gasteiger partial charge in [0, 0.05) is 6.54 Å². The molecule has 2 aliphatic carbocycles. The Bertz CT molecular complexity index is 288. The third-order valence-corrected chi connectivity index (χ3v) is 3.20. The summed E-state index contributed by atoms with van der Waals surface area (Å²) in [5, 5.41) is 3.55. The fourth-order valence-corrected chi connectivity index (χ4v) is 2.16. The van der Waals surface area contributed by atoms with E-state index >= 15 is 0 Å². The average molecular weight is 177 g/mol. The molecule has 1 saturated carbocycles. The zero-order chi connectivity index (χ0) is 8.89. The first-order valence-corrected chi connectivity index (χ1v) is 5.05. The molecule has 2 fully saturated rings. The molecule has 1 N–H and O–H groups in total. The maximum Gasteiger partial charge on any atom is 0.0956 e.